The van der Waals surface area contributed by atoms with Crippen molar-refractivity contribution in [1.82, 2.24) is 0 Å². The van der Waals surface area contributed by atoms with Gasteiger partial charge >= 0.3 is 5.97 Å². The van der Waals surface area contributed by atoms with Gasteiger partial charge in [-0.05, 0) is 68.6 Å². The van der Waals surface area contributed by atoms with Gasteiger partial charge in [0.1, 0.15) is 0 Å². The lowest BCUT2D eigenvalue weighted by Gasteiger charge is -2.58. The van der Waals surface area contributed by atoms with Crippen LogP contribution in [0.2, 0.25) is 0 Å². The molecular formula is C15H24O3. The number of rotatable bonds is 4. The zero-order valence-corrected chi connectivity index (χ0v) is 11.2. The summed E-state index contributed by atoms with van der Waals surface area (Å²) in [5.41, 5.74) is 0.0432. The Morgan fingerprint density at radius 3 is 2.17 bits per heavy atom. The topological polar surface area (TPSA) is 46.5 Å². The second-order valence-corrected chi connectivity index (χ2v) is 6.80. The maximum absolute atomic E-state index is 11.6. The van der Waals surface area contributed by atoms with Gasteiger partial charge in [0.05, 0.1) is 19.1 Å². The van der Waals surface area contributed by atoms with Crippen LogP contribution in [0.15, 0.2) is 0 Å². The molecule has 4 saturated carbocycles. The van der Waals surface area contributed by atoms with E-state index in [1.807, 2.05) is 6.92 Å². The number of carbonyl (C=O) groups is 1. The molecule has 0 saturated heterocycles. The Kier molecular flexibility index (Phi) is 3.13. The SMILES string of the molecule is CCOC(=O)CC(O)C12CC3CC(CC(C3)C1)C2. The molecule has 4 fully saturated rings. The minimum atomic E-state index is -0.482. The monoisotopic (exact) mass is 252 g/mol. The number of hydrogen-bond acceptors (Lipinski definition) is 3. The van der Waals surface area contributed by atoms with Crippen molar-refractivity contribution in [3.8, 4) is 0 Å². The van der Waals surface area contributed by atoms with Crippen LogP contribution in [0.1, 0.15) is 51.9 Å². The largest absolute Gasteiger partial charge is 0.466 e. The molecule has 0 spiro atoms. The summed E-state index contributed by atoms with van der Waals surface area (Å²) < 4.78 is 4.98. The van der Waals surface area contributed by atoms with Crippen LogP contribution in [-0.4, -0.2) is 23.8 Å². The van der Waals surface area contributed by atoms with Gasteiger partial charge in [0, 0.05) is 0 Å². The van der Waals surface area contributed by atoms with E-state index in [1.165, 1.54) is 19.3 Å². The molecule has 102 valence electrons. The normalized spacial score (nSPS) is 42.9. The Bertz CT molecular complexity index is 301. The summed E-state index contributed by atoms with van der Waals surface area (Å²) >= 11 is 0. The average molecular weight is 252 g/mol. The molecule has 18 heavy (non-hydrogen) atoms. The maximum Gasteiger partial charge on any atom is 0.308 e. The summed E-state index contributed by atoms with van der Waals surface area (Å²) in [5.74, 6) is 2.20. The molecule has 1 N–H and O–H groups in total. The third kappa shape index (κ3) is 2.07. The van der Waals surface area contributed by atoms with Gasteiger partial charge in [-0.15, -0.1) is 0 Å². The van der Waals surface area contributed by atoms with Gasteiger partial charge in [-0.2, -0.15) is 0 Å². The summed E-state index contributed by atoms with van der Waals surface area (Å²) in [5, 5.41) is 10.5. The van der Waals surface area contributed by atoms with Gasteiger partial charge < -0.3 is 9.84 Å². The van der Waals surface area contributed by atoms with E-state index >= 15 is 0 Å². The molecule has 3 nitrogen and oxygen atoms in total. The van der Waals surface area contributed by atoms with Crippen LogP contribution in [0.25, 0.3) is 0 Å². The van der Waals surface area contributed by atoms with Gasteiger partial charge in [0.2, 0.25) is 0 Å². The van der Waals surface area contributed by atoms with Crippen molar-refractivity contribution in [2.75, 3.05) is 6.61 Å². The Morgan fingerprint density at radius 1 is 1.22 bits per heavy atom. The fraction of sp³-hybridized carbons (Fsp3) is 0.933. The minimum Gasteiger partial charge on any atom is -0.466 e. The molecule has 4 bridgehead atoms. The molecule has 0 radical (unpaired) electrons. The molecule has 3 heteroatoms. The number of hydrogen-bond donors (Lipinski definition) is 1. The quantitative estimate of drug-likeness (QED) is 0.782. The Hall–Kier alpha value is -0.570. The highest BCUT2D eigenvalue weighted by molar-refractivity contribution is 5.70. The van der Waals surface area contributed by atoms with Crippen LogP contribution < -0.4 is 0 Å². The van der Waals surface area contributed by atoms with Crippen molar-refractivity contribution in [2.45, 2.75) is 58.0 Å². The molecule has 1 unspecified atom stereocenters. The van der Waals surface area contributed by atoms with Crippen LogP contribution in [0, 0.1) is 23.2 Å². The van der Waals surface area contributed by atoms with Gasteiger partial charge in [0.15, 0.2) is 0 Å². The second kappa shape index (κ2) is 4.52. The van der Waals surface area contributed by atoms with Crippen LogP contribution in [-0.2, 0) is 9.53 Å². The van der Waals surface area contributed by atoms with Crippen molar-refractivity contribution < 1.29 is 14.6 Å². The maximum atomic E-state index is 11.6. The minimum absolute atomic E-state index is 0.0432. The van der Waals surface area contributed by atoms with E-state index in [-0.39, 0.29) is 17.8 Å². The third-order valence-electron chi connectivity index (χ3n) is 5.46. The van der Waals surface area contributed by atoms with Gasteiger partial charge in [-0.1, -0.05) is 0 Å². The first-order chi connectivity index (χ1) is 8.61. The molecule has 0 heterocycles. The van der Waals surface area contributed by atoms with Gasteiger partial charge in [-0.25, -0.2) is 0 Å². The molecule has 0 aromatic rings. The molecule has 0 aromatic carbocycles. The number of ether oxygens (including phenoxy) is 1. The van der Waals surface area contributed by atoms with Gasteiger partial charge in [0.25, 0.3) is 0 Å². The van der Waals surface area contributed by atoms with E-state index in [0.717, 1.165) is 37.0 Å². The number of carbonyl (C=O) groups excluding carboxylic acids is 1. The molecule has 0 aliphatic heterocycles. The smallest absolute Gasteiger partial charge is 0.308 e. The van der Waals surface area contributed by atoms with Crippen LogP contribution in [0.3, 0.4) is 0 Å². The highest BCUT2D eigenvalue weighted by atomic mass is 16.5. The van der Waals surface area contributed by atoms with Gasteiger partial charge in [-0.3, -0.25) is 4.79 Å². The van der Waals surface area contributed by atoms with E-state index in [1.54, 1.807) is 0 Å². The summed E-state index contributed by atoms with van der Waals surface area (Å²) in [7, 11) is 0. The summed E-state index contributed by atoms with van der Waals surface area (Å²) in [6.45, 7) is 2.22. The van der Waals surface area contributed by atoms with Crippen LogP contribution in [0.5, 0.6) is 0 Å². The van der Waals surface area contributed by atoms with Crippen molar-refractivity contribution >= 4 is 5.97 Å². The Morgan fingerprint density at radius 2 is 1.72 bits per heavy atom. The lowest BCUT2D eigenvalue weighted by atomic mass is 9.48. The van der Waals surface area contributed by atoms with Crippen LogP contribution >= 0.6 is 0 Å². The molecule has 4 rings (SSSR count). The molecule has 4 aliphatic rings. The van der Waals surface area contributed by atoms with E-state index in [0.29, 0.717) is 6.61 Å². The molecule has 0 amide bonds. The first-order valence-corrected chi connectivity index (χ1v) is 7.45. The number of esters is 1. The standard InChI is InChI=1S/C15H24O3/c1-2-18-14(17)6-13(16)15-7-10-3-11(8-15)5-12(4-10)9-15/h10-13,16H,2-9H2,1H3. The van der Waals surface area contributed by atoms with Crippen molar-refractivity contribution in [3.63, 3.8) is 0 Å². The van der Waals surface area contributed by atoms with Crippen molar-refractivity contribution in [3.05, 3.63) is 0 Å². The Balaban J connectivity index is 1.69. The van der Waals surface area contributed by atoms with E-state index in [9.17, 15) is 9.90 Å². The second-order valence-electron chi connectivity index (χ2n) is 6.80. The summed E-state index contributed by atoms with van der Waals surface area (Å²) in [4.78, 5) is 11.6. The molecule has 0 aromatic heterocycles. The summed E-state index contributed by atoms with van der Waals surface area (Å²) in [6.07, 6.45) is 7.23. The van der Waals surface area contributed by atoms with Crippen LogP contribution in [0.4, 0.5) is 0 Å². The highest BCUT2D eigenvalue weighted by Gasteiger charge is 2.54. The lowest BCUT2D eigenvalue weighted by Crippen LogP contribution is -2.52. The first-order valence-electron chi connectivity index (χ1n) is 7.45. The zero-order chi connectivity index (χ0) is 12.8. The van der Waals surface area contributed by atoms with Crippen molar-refractivity contribution in [2.24, 2.45) is 23.2 Å². The van der Waals surface area contributed by atoms with E-state index < -0.39 is 6.10 Å². The molecular weight excluding hydrogens is 228 g/mol. The van der Waals surface area contributed by atoms with Crippen molar-refractivity contribution in [1.29, 1.82) is 0 Å². The molecule has 1 atom stereocenters. The predicted molar refractivity (Wildman–Crippen MR) is 67.9 cm³/mol. The fourth-order valence-electron chi connectivity index (χ4n) is 5.18. The predicted octanol–water partition coefficient (Wildman–Crippen LogP) is 2.52. The van der Waals surface area contributed by atoms with E-state index in [4.69, 9.17) is 4.74 Å². The number of aliphatic hydroxyl groups is 1. The fourth-order valence-corrected chi connectivity index (χ4v) is 5.18. The molecule has 4 aliphatic carbocycles. The zero-order valence-electron chi connectivity index (χ0n) is 11.2. The third-order valence-corrected chi connectivity index (χ3v) is 5.46. The average Bonchev–Trinajstić information content (AvgIpc) is 2.27. The highest BCUT2D eigenvalue weighted by Crippen LogP contribution is 2.61. The first kappa shape index (κ1) is 12.5. The Labute approximate surface area is 109 Å². The lowest BCUT2D eigenvalue weighted by molar-refractivity contribution is -0.156. The number of aliphatic hydroxyl groups excluding tert-OH is 1. The summed E-state index contributed by atoms with van der Waals surface area (Å²) in [6, 6.07) is 0. The van der Waals surface area contributed by atoms with E-state index in [2.05, 4.69) is 0 Å².